The van der Waals surface area contributed by atoms with Gasteiger partial charge in [0.1, 0.15) is 5.60 Å². The van der Waals surface area contributed by atoms with E-state index in [0.29, 0.717) is 18.3 Å². The van der Waals surface area contributed by atoms with Crippen molar-refractivity contribution in [1.29, 1.82) is 0 Å². The maximum absolute atomic E-state index is 5.94. The predicted octanol–water partition coefficient (Wildman–Crippen LogP) is 2.72. The van der Waals surface area contributed by atoms with Crippen LogP contribution in [0.4, 0.5) is 0 Å². The van der Waals surface area contributed by atoms with Crippen LogP contribution in [0.2, 0.25) is 0 Å². The normalized spacial score (nSPS) is 24.0. The summed E-state index contributed by atoms with van der Waals surface area (Å²) in [4.78, 5) is 4.60. The molecule has 1 aromatic rings. The molecular weight excluding hydrogens is 242 g/mol. The molecule has 0 aliphatic heterocycles. The molecule has 2 rings (SSSR count). The molecule has 1 aliphatic carbocycles. The molecule has 0 amide bonds. The zero-order chi connectivity index (χ0) is 13.9. The summed E-state index contributed by atoms with van der Waals surface area (Å²) in [6.45, 7) is 6.85. The maximum atomic E-state index is 5.94. The summed E-state index contributed by atoms with van der Waals surface area (Å²) in [5.74, 6) is 1.74. The minimum absolute atomic E-state index is 0.273. The van der Waals surface area contributed by atoms with Crippen LogP contribution in [0, 0.1) is 0 Å². The third-order valence-corrected chi connectivity index (χ3v) is 4.23. The summed E-state index contributed by atoms with van der Waals surface area (Å²) in [5, 5.41) is 4.17. The number of ether oxygens (including phenoxy) is 1. The van der Waals surface area contributed by atoms with E-state index in [2.05, 4.69) is 24.0 Å². The fraction of sp³-hybridized carbons (Fsp3) is 0.857. The SMILES string of the molecule is CCOC(CC)(CC)c1noc([C@@H]2CC[C@H](N)C2)n1. The van der Waals surface area contributed by atoms with Gasteiger partial charge in [0, 0.05) is 18.6 Å². The lowest BCUT2D eigenvalue weighted by Gasteiger charge is -2.27. The number of nitrogens with two attached hydrogens (primary N) is 1. The van der Waals surface area contributed by atoms with Gasteiger partial charge < -0.3 is 15.0 Å². The van der Waals surface area contributed by atoms with E-state index in [4.69, 9.17) is 15.0 Å². The highest BCUT2D eigenvalue weighted by atomic mass is 16.5. The summed E-state index contributed by atoms with van der Waals surface area (Å²) in [7, 11) is 0. The van der Waals surface area contributed by atoms with Crippen LogP contribution in [-0.2, 0) is 10.3 Å². The summed E-state index contributed by atoms with van der Waals surface area (Å²) < 4.78 is 11.4. The minimum Gasteiger partial charge on any atom is -0.367 e. The molecule has 1 aromatic heterocycles. The van der Waals surface area contributed by atoms with E-state index < -0.39 is 5.60 Å². The van der Waals surface area contributed by atoms with Crippen molar-refractivity contribution in [2.24, 2.45) is 5.73 Å². The van der Waals surface area contributed by atoms with Gasteiger partial charge in [0.2, 0.25) is 11.7 Å². The second-order valence-corrected chi connectivity index (χ2v) is 5.36. The molecule has 0 unspecified atom stereocenters. The molecule has 0 aromatic carbocycles. The molecule has 0 spiro atoms. The van der Waals surface area contributed by atoms with Gasteiger partial charge in [-0.1, -0.05) is 19.0 Å². The summed E-state index contributed by atoms with van der Waals surface area (Å²) in [6, 6.07) is 0.273. The third-order valence-electron chi connectivity index (χ3n) is 4.23. The average molecular weight is 267 g/mol. The lowest BCUT2D eigenvalue weighted by atomic mass is 9.96. The molecule has 2 atom stereocenters. The van der Waals surface area contributed by atoms with Crippen LogP contribution in [0.1, 0.15) is 70.5 Å². The number of aromatic nitrogens is 2. The maximum Gasteiger partial charge on any atom is 0.229 e. The first-order chi connectivity index (χ1) is 9.15. The van der Waals surface area contributed by atoms with Gasteiger partial charge in [-0.05, 0) is 39.0 Å². The highest BCUT2D eigenvalue weighted by Crippen LogP contribution is 2.36. The van der Waals surface area contributed by atoms with Gasteiger partial charge in [-0.3, -0.25) is 0 Å². The second kappa shape index (κ2) is 6.01. The zero-order valence-electron chi connectivity index (χ0n) is 12.2. The van der Waals surface area contributed by atoms with Crippen LogP contribution in [-0.4, -0.2) is 22.8 Å². The number of hydrogen-bond donors (Lipinski definition) is 1. The van der Waals surface area contributed by atoms with E-state index in [0.717, 1.165) is 38.0 Å². The Kier molecular flexibility index (Phi) is 4.58. The van der Waals surface area contributed by atoms with E-state index in [9.17, 15) is 0 Å². The molecule has 19 heavy (non-hydrogen) atoms. The van der Waals surface area contributed by atoms with Crippen LogP contribution < -0.4 is 5.73 Å². The smallest absolute Gasteiger partial charge is 0.229 e. The van der Waals surface area contributed by atoms with Crippen molar-refractivity contribution in [1.82, 2.24) is 10.1 Å². The molecule has 1 heterocycles. The Hall–Kier alpha value is -0.940. The lowest BCUT2D eigenvalue weighted by Crippen LogP contribution is -2.29. The first-order valence-corrected chi connectivity index (χ1v) is 7.38. The Labute approximate surface area is 114 Å². The minimum atomic E-state index is -0.406. The first-order valence-electron chi connectivity index (χ1n) is 7.38. The van der Waals surface area contributed by atoms with Crippen molar-refractivity contribution in [3.63, 3.8) is 0 Å². The molecule has 108 valence electrons. The highest BCUT2D eigenvalue weighted by molar-refractivity contribution is 5.05. The molecular formula is C14H25N3O2. The van der Waals surface area contributed by atoms with Crippen molar-refractivity contribution < 1.29 is 9.26 Å². The predicted molar refractivity (Wildman–Crippen MR) is 72.8 cm³/mol. The fourth-order valence-corrected chi connectivity index (χ4v) is 2.94. The van der Waals surface area contributed by atoms with Crippen molar-refractivity contribution >= 4 is 0 Å². The van der Waals surface area contributed by atoms with Crippen LogP contribution >= 0.6 is 0 Å². The molecule has 5 nitrogen and oxygen atoms in total. The lowest BCUT2D eigenvalue weighted by molar-refractivity contribution is -0.0583. The highest BCUT2D eigenvalue weighted by Gasteiger charge is 2.36. The standard InChI is InChI=1S/C14H25N3O2/c1-4-14(5-2,18-6-3)13-16-12(19-17-13)10-7-8-11(15)9-10/h10-11H,4-9,15H2,1-3H3/t10-,11+/m1/s1. The van der Waals surface area contributed by atoms with Gasteiger partial charge in [-0.25, -0.2) is 0 Å². The molecule has 1 saturated carbocycles. The molecule has 5 heteroatoms. The van der Waals surface area contributed by atoms with Crippen LogP contribution in [0.5, 0.6) is 0 Å². The zero-order valence-corrected chi connectivity index (χ0v) is 12.2. The second-order valence-electron chi connectivity index (χ2n) is 5.36. The summed E-state index contributed by atoms with van der Waals surface area (Å²) in [6.07, 6.45) is 4.73. The van der Waals surface area contributed by atoms with E-state index in [1.807, 2.05) is 6.92 Å². The van der Waals surface area contributed by atoms with Gasteiger partial charge in [-0.2, -0.15) is 4.98 Å². The Balaban J connectivity index is 2.18. The van der Waals surface area contributed by atoms with Crippen molar-refractivity contribution in [3.05, 3.63) is 11.7 Å². The van der Waals surface area contributed by atoms with Crippen molar-refractivity contribution in [2.75, 3.05) is 6.61 Å². The molecule has 1 aliphatic rings. The average Bonchev–Trinajstić information content (AvgIpc) is 3.05. The summed E-state index contributed by atoms with van der Waals surface area (Å²) in [5.41, 5.74) is 5.54. The molecule has 0 saturated heterocycles. The molecule has 1 fully saturated rings. The van der Waals surface area contributed by atoms with E-state index in [1.54, 1.807) is 0 Å². The number of hydrogen-bond acceptors (Lipinski definition) is 5. The molecule has 2 N–H and O–H groups in total. The monoisotopic (exact) mass is 267 g/mol. The van der Waals surface area contributed by atoms with Crippen LogP contribution in [0.15, 0.2) is 4.52 Å². The largest absolute Gasteiger partial charge is 0.367 e. The third kappa shape index (κ3) is 2.82. The molecule has 0 bridgehead atoms. The Morgan fingerprint density at radius 3 is 2.58 bits per heavy atom. The van der Waals surface area contributed by atoms with E-state index in [1.165, 1.54) is 0 Å². The van der Waals surface area contributed by atoms with Gasteiger partial charge in [0.05, 0.1) is 0 Å². The Morgan fingerprint density at radius 1 is 1.32 bits per heavy atom. The van der Waals surface area contributed by atoms with E-state index >= 15 is 0 Å². The first kappa shape index (κ1) is 14.5. The fourth-order valence-electron chi connectivity index (χ4n) is 2.94. The number of rotatable bonds is 6. The van der Waals surface area contributed by atoms with Gasteiger partial charge in [-0.15, -0.1) is 0 Å². The van der Waals surface area contributed by atoms with Crippen molar-refractivity contribution in [3.8, 4) is 0 Å². The number of nitrogens with zero attached hydrogens (tertiary/aromatic N) is 2. The van der Waals surface area contributed by atoms with Gasteiger partial charge in [0.15, 0.2) is 0 Å². The van der Waals surface area contributed by atoms with Crippen LogP contribution in [0.3, 0.4) is 0 Å². The van der Waals surface area contributed by atoms with Gasteiger partial charge in [0.25, 0.3) is 0 Å². The quantitative estimate of drug-likeness (QED) is 0.857. The summed E-state index contributed by atoms with van der Waals surface area (Å²) >= 11 is 0. The van der Waals surface area contributed by atoms with E-state index in [-0.39, 0.29) is 6.04 Å². The molecule has 0 radical (unpaired) electrons. The Bertz CT molecular complexity index is 401. The van der Waals surface area contributed by atoms with Crippen LogP contribution in [0.25, 0.3) is 0 Å². The topological polar surface area (TPSA) is 74.2 Å². The Morgan fingerprint density at radius 2 is 2.05 bits per heavy atom. The van der Waals surface area contributed by atoms with Crippen molar-refractivity contribution in [2.45, 2.75) is 70.4 Å². The van der Waals surface area contributed by atoms with Gasteiger partial charge >= 0.3 is 0 Å².